The van der Waals surface area contributed by atoms with Crippen LogP contribution in [0.4, 0.5) is 5.69 Å². The number of carboxylic acid groups (broad SMARTS) is 1. The first-order valence-corrected chi connectivity index (χ1v) is 8.45. The van der Waals surface area contributed by atoms with Crippen LogP contribution in [-0.2, 0) is 4.79 Å². The van der Waals surface area contributed by atoms with Crippen LogP contribution in [0.1, 0.15) is 23.7 Å². The van der Waals surface area contributed by atoms with E-state index in [2.05, 4.69) is 4.90 Å². The number of carboxylic acids is 1. The number of para-hydroxylation sites is 1. The van der Waals surface area contributed by atoms with Crippen molar-refractivity contribution in [1.29, 1.82) is 0 Å². The van der Waals surface area contributed by atoms with Crippen LogP contribution in [0.5, 0.6) is 0 Å². The van der Waals surface area contributed by atoms with E-state index in [1.54, 1.807) is 17.0 Å². The van der Waals surface area contributed by atoms with Gasteiger partial charge in [-0.3, -0.25) is 9.59 Å². The molecule has 0 aliphatic carbocycles. The first-order chi connectivity index (χ1) is 12.1. The standard InChI is InChI=1S/C20H22N2O3/c1-15-13-22(17-10-6-3-7-11-17)18(12-19(23)24)14-21(15)20(25)16-8-4-2-5-9-16/h2-11,15,18H,12-14H2,1H3,(H,23,24)/t15-,18+/m0/s1. The van der Waals surface area contributed by atoms with Gasteiger partial charge in [-0.15, -0.1) is 0 Å². The lowest BCUT2D eigenvalue weighted by atomic mass is 10.0. The minimum absolute atomic E-state index is 0.000183. The van der Waals surface area contributed by atoms with Crippen LogP contribution in [0.25, 0.3) is 0 Å². The van der Waals surface area contributed by atoms with Crippen molar-refractivity contribution < 1.29 is 14.7 Å². The summed E-state index contributed by atoms with van der Waals surface area (Å²) in [5.74, 6) is -0.899. The fourth-order valence-corrected chi connectivity index (χ4v) is 3.38. The van der Waals surface area contributed by atoms with Crippen LogP contribution in [-0.4, -0.2) is 47.1 Å². The zero-order chi connectivity index (χ0) is 17.8. The van der Waals surface area contributed by atoms with E-state index in [-0.39, 0.29) is 24.4 Å². The van der Waals surface area contributed by atoms with Gasteiger partial charge in [0, 0.05) is 30.4 Å². The van der Waals surface area contributed by atoms with Gasteiger partial charge >= 0.3 is 5.97 Å². The van der Waals surface area contributed by atoms with Crippen LogP contribution in [0, 0.1) is 0 Å². The lowest BCUT2D eigenvalue weighted by Gasteiger charge is -2.46. The molecule has 5 nitrogen and oxygen atoms in total. The van der Waals surface area contributed by atoms with Gasteiger partial charge in [0.2, 0.25) is 0 Å². The lowest BCUT2D eigenvalue weighted by molar-refractivity contribution is -0.137. The molecule has 1 aliphatic heterocycles. The van der Waals surface area contributed by atoms with Gasteiger partial charge in [0.25, 0.3) is 5.91 Å². The molecule has 1 heterocycles. The number of amides is 1. The van der Waals surface area contributed by atoms with Crippen molar-refractivity contribution in [3.8, 4) is 0 Å². The minimum atomic E-state index is -0.854. The third-order valence-corrected chi connectivity index (χ3v) is 4.62. The van der Waals surface area contributed by atoms with Crippen molar-refractivity contribution in [2.75, 3.05) is 18.0 Å². The number of hydrogen-bond acceptors (Lipinski definition) is 3. The van der Waals surface area contributed by atoms with Crippen molar-refractivity contribution in [1.82, 2.24) is 4.90 Å². The fourth-order valence-electron chi connectivity index (χ4n) is 3.38. The Morgan fingerprint density at radius 1 is 1.00 bits per heavy atom. The van der Waals surface area contributed by atoms with Gasteiger partial charge in [0.1, 0.15) is 0 Å². The first-order valence-electron chi connectivity index (χ1n) is 8.45. The highest BCUT2D eigenvalue weighted by Crippen LogP contribution is 2.26. The Bertz CT molecular complexity index is 733. The summed E-state index contributed by atoms with van der Waals surface area (Å²) in [6, 6.07) is 18.7. The highest BCUT2D eigenvalue weighted by molar-refractivity contribution is 5.94. The van der Waals surface area contributed by atoms with E-state index in [9.17, 15) is 14.7 Å². The van der Waals surface area contributed by atoms with Gasteiger partial charge in [0.05, 0.1) is 12.5 Å². The smallest absolute Gasteiger partial charge is 0.305 e. The molecule has 25 heavy (non-hydrogen) atoms. The van der Waals surface area contributed by atoms with Gasteiger partial charge in [-0.05, 0) is 31.2 Å². The molecule has 130 valence electrons. The molecule has 0 saturated carbocycles. The van der Waals surface area contributed by atoms with Gasteiger partial charge in [-0.2, -0.15) is 0 Å². The second-order valence-corrected chi connectivity index (χ2v) is 6.41. The van der Waals surface area contributed by atoms with E-state index < -0.39 is 5.97 Å². The minimum Gasteiger partial charge on any atom is -0.481 e. The maximum Gasteiger partial charge on any atom is 0.305 e. The zero-order valence-corrected chi connectivity index (χ0v) is 14.2. The largest absolute Gasteiger partial charge is 0.481 e. The summed E-state index contributed by atoms with van der Waals surface area (Å²) in [5, 5.41) is 9.31. The number of carbonyl (C=O) groups excluding carboxylic acids is 1. The van der Waals surface area contributed by atoms with Crippen LogP contribution in [0.15, 0.2) is 60.7 Å². The monoisotopic (exact) mass is 338 g/mol. The average molecular weight is 338 g/mol. The molecule has 1 amide bonds. The van der Waals surface area contributed by atoms with Gasteiger partial charge in [0.15, 0.2) is 0 Å². The molecule has 1 aliphatic rings. The number of benzene rings is 2. The number of carbonyl (C=O) groups is 2. The van der Waals surface area contributed by atoms with Gasteiger partial charge < -0.3 is 14.9 Å². The van der Waals surface area contributed by atoms with Crippen LogP contribution >= 0.6 is 0 Å². The van der Waals surface area contributed by atoms with E-state index >= 15 is 0 Å². The fraction of sp³-hybridized carbons (Fsp3) is 0.300. The lowest BCUT2D eigenvalue weighted by Crippen LogP contribution is -2.59. The molecular formula is C20H22N2O3. The molecule has 0 spiro atoms. The van der Waals surface area contributed by atoms with Crippen LogP contribution in [0.2, 0.25) is 0 Å². The number of nitrogens with zero attached hydrogens (tertiary/aromatic N) is 2. The van der Waals surface area contributed by atoms with E-state index in [1.165, 1.54) is 0 Å². The normalized spacial score (nSPS) is 20.4. The molecule has 2 aromatic carbocycles. The predicted molar refractivity (Wildman–Crippen MR) is 96.8 cm³/mol. The Hall–Kier alpha value is -2.82. The van der Waals surface area contributed by atoms with Crippen molar-refractivity contribution in [2.45, 2.75) is 25.4 Å². The number of aliphatic carboxylic acids is 1. The molecule has 0 aromatic heterocycles. The summed E-state index contributed by atoms with van der Waals surface area (Å²) in [5.41, 5.74) is 1.63. The van der Waals surface area contributed by atoms with Crippen molar-refractivity contribution in [3.63, 3.8) is 0 Å². The molecule has 1 saturated heterocycles. The SMILES string of the molecule is C[C@H]1CN(c2ccccc2)[C@H](CC(=O)O)CN1C(=O)c1ccccc1. The summed E-state index contributed by atoms with van der Waals surface area (Å²) in [6.45, 7) is 3.02. The second-order valence-electron chi connectivity index (χ2n) is 6.41. The van der Waals surface area contributed by atoms with Gasteiger partial charge in [-0.1, -0.05) is 36.4 Å². The summed E-state index contributed by atoms with van der Waals surface area (Å²) in [7, 11) is 0. The Labute approximate surface area is 147 Å². The summed E-state index contributed by atoms with van der Waals surface area (Å²) >= 11 is 0. The Morgan fingerprint density at radius 3 is 2.20 bits per heavy atom. The molecule has 0 bridgehead atoms. The topological polar surface area (TPSA) is 60.9 Å². The Kier molecular flexibility index (Phi) is 5.03. The maximum absolute atomic E-state index is 12.8. The number of rotatable bonds is 4. The van der Waals surface area contributed by atoms with Crippen molar-refractivity contribution in [2.24, 2.45) is 0 Å². The number of hydrogen-bond donors (Lipinski definition) is 1. The summed E-state index contributed by atoms with van der Waals surface area (Å²) < 4.78 is 0. The van der Waals surface area contributed by atoms with E-state index in [4.69, 9.17) is 0 Å². The molecule has 3 rings (SSSR count). The summed E-state index contributed by atoms with van der Waals surface area (Å²) in [6.07, 6.45) is 0.000183. The second kappa shape index (κ2) is 7.38. The van der Waals surface area contributed by atoms with E-state index in [1.807, 2.05) is 55.5 Å². The highest BCUT2D eigenvalue weighted by atomic mass is 16.4. The molecule has 1 N–H and O–H groups in total. The maximum atomic E-state index is 12.8. The first kappa shape index (κ1) is 17.0. The van der Waals surface area contributed by atoms with Crippen LogP contribution in [0.3, 0.4) is 0 Å². The highest BCUT2D eigenvalue weighted by Gasteiger charge is 2.35. The van der Waals surface area contributed by atoms with E-state index in [0.29, 0.717) is 18.7 Å². The molecule has 5 heteroatoms. The Balaban J connectivity index is 1.85. The average Bonchev–Trinajstić information content (AvgIpc) is 2.63. The third kappa shape index (κ3) is 3.82. The molecular weight excluding hydrogens is 316 g/mol. The quantitative estimate of drug-likeness (QED) is 0.931. The summed E-state index contributed by atoms with van der Waals surface area (Å²) in [4.78, 5) is 28.1. The third-order valence-electron chi connectivity index (χ3n) is 4.62. The van der Waals surface area contributed by atoms with Crippen LogP contribution < -0.4 is 4.90 Å². The molecule has 1 fully saturated rings. The van der Waals surface area contributed by atoms with Crippen molar-refractivity contribution in [3.05, 3.63) is 66.2 Å². The molecule has 2 atom stereocenters. The Morgan fingerprint density at radius 2 is 1.60 bits per heavy atom. The molecule has 2 aromatic rings. The predicted octanol–water partition coefficient (Wildman–Crippen LogP) is 2.88. The molecule has 0 radical (unpaired) electrons. The molecule has 0 unspecified atom stereocenters. The van der Waals surface area contributed by atoms with Gasteiger partial charge in [-0.25, -0.2) is 0 Å². The number of piperazine rings is 1. The zero-order valence-electron chi connectivity index (χ0n) is 14.2. The van der Waals surface area contributed by atoms with Crippen molar-refractivity contribution >= 4 is 17.6 Å². The number of anilines is 1. The van der Waals surface area contributed by atoms with E-state index in [0.717, 1.165) is 5.69 Å².